The van der Waals surface area contributed by atoms with Crippen molar-refractivity contribution in [3.05, 3.63) is 65.4 Å². The van der Waals surface area contributed by atoms with Crippen LogP contribution in [0.2, 0.25) is 0 Å². The molecular formula is C23H22F3N3O3S. The van der Waals surface area contributed by atoms with E-state index >= 15 is 0 Å². The molecule has 1 aromatic heterocycles. The second-order valence-corrected chi connectivity index (χ2v) is 8.32. The van der Waals surface area contributed by atoms with Gasteiger partial charge in [-0.3, -0.25) is 4.79 Å². The van der Waals surface area contributed by atoms with Gasteiger partial charge in [-0.15, -0.1) is 13.2 Å². The lowest BCUT2D eigenvalue weighted by Crippen LogP contribution is -2.38. The van der Waals surface area contributed by atoms with Crippen LogP contribution in [0.4, 0.5) is 13.2 Å². The molecule has 1 heterocycles. The number of nitrogens with one attached hydrogen (secondary N) is 1. The smallest absolute Gasteiger partial charge is 0.406 e. The summed E-state index contributed by atoms with van der Waals surface area (Å²) in [6.45, 7) is -0.121. The van der Waals surface area contributed by atoms with E-state index in [1.807, 2.05) is 6.26 Å². The molecule has 10 heteroatoms. The summed E-state index contributed by atoms with van der Waals surface area (Å²) in [5.41, 5.74) is 1.82. The number of aromatic nitrogens is 1. The Morgan fingerprint density at radius 3 is 2.73 bits per heavy atom. The summed E-state index contributed by atoms with van der Waals surface area (Å²) in [6, 6.07) is 13.7. The Morgan fingerprint density at radius 1 is 1.27 bits per heavy atom. The van der Waals surface area contributed by atoms with E-state index in [1.165, 1.54) is 18.2 Å². The first-order valence-electron chi connectivity index (χ1n) is 10.0. The zero-order valence-corrected chi connectivity index (χ0v) is 18.5. The molecule has 0 fully saturated rings. The summed E-state index contributed by atoms with van der Waals surface area (Å²) in [4.78, 5) is 13.1. The number of carbonyl (C=O) groups is 1. The lowest BCUT2D eigenvalue weighted by atomic mass is 10.1. The molecule has 0 saturated carbocycles. The summed E-state index contributed by atoms with van der Waals surface area (Å²) in [7, 11) is 0. The van der Waals surface area contributed by atoms with Gasteiger partial charge in [-0.2, -0.15) is 17.0 Å². The van der Waals surface area contributed by atoms with Crippen LogP contribution in [0, 0.1) is 11.3 Å². The van der Waals surface area contributed by atoms with Crippen LogP contribution in [0.1, 0.15) is 28.0 Å². The van der Waals surface area contributed by atoms with Gasteiger partial charge in [0.2, 0.25) is 0 Å². The highest BCUT2D eigenvalue weighted by molar-refractivity contribution is 7.98. The van der Waals surface area contributed by atoms with Crippen LogP contribution in [-0.2, 0) is 6.54 Å². The highest BCUT2D eigenvalue weighted by Gasteiger charge is 2.31. The number of ether oxygens (including phenoxy) is 1. The minimum Gasteiger partial charge on any atom is -0.406 e. The molecule has 1 unspecified atom stereocenters. The zero-order chi connectivity index (χ0) is 24.0. The number of fused-ring (bicyclic) bond motifs is 1. The fourth-order valence-electron chi connectivity index (χ4n) is 3.45. The van der Waals surface area contributed by atoms with Gasteiger partial charge in [0.25, 0.3) is 5.91 Å². The number of carbonyl (C=O) groups excluding carboxylic acids is 1. The highest BCUT2D eigenvalue weighted by Crippen LogP contribution is 2.26. The molecule has 3 rings (SSSR count). The molecule has 1 amide bonds. The van der Waals surface area contributed by atoms with Gasteiger partial charge in [0.05, 0.1) is 24.3 Å². The second-order valence-electron chi connectivity index (χ2n) is 7.33. The van der Waals surface area contributed by atoms with Crippen LogP contribution in [0.15, 0.2) is 48.5 Å². The number of amides is 1. The van der Waals surface area contributed by atoms with Crippen LogP contribution in [0.3, 0.4) is 0 Å². The third kappa shape index (κ3) is 6.43. The average Bonchev–Trinajstić information content (AvgIpc) is 3.13. The Hall–Kier alpha value is -3.16. The molecule has 33 heavy (non-hydrogen) atoms. The lowest BCUT2D eigenvalue weighted by Gasteiger charge is -2.17. The Bertz CT molecular complexity index is 1170. The standard InChI is InChI=1S/C23H22F3N3O3S/c1-33-8-7-18(14-30)28-22(31)21-11-17-9-15(12-27)5-6-20(17)29(21)13-16-3-2-4-19(10-16)32-23(24,25)26/h2-6,9-11,18,30H,7-8,13-14H2,1H3,(H,28,31). The number of aliphatic hydroxyl groups is 1. The fourth-order valence-corrected chi connectivity index (χ4v) is 3.97. The Morgan fingerprint density at radius 2 is 2.06 bits per heavy atom. The van der Waals surface area contributed by atoms with Gasteiger partial charge in [-0.1, -0.05) is 12.1 Å². The van der Waals surface area contributed by atoms with Crippen LogP contribution in [0.5, 0.6) is 5.75 Å². The molecule has 0 aliphatic carbocycles. The quantitative estimate of drug-likeness (QED) is 0.480. The van der Waals surface area contributed by atoms with Crippen molar-refractivity contribution in [1.29, 1.82) is 5.26 Å². The topological polar surface area (TPSA) is 87.3 Å². The van der Waals surface area contributed by atoms with Gasteiger partial charge in [0.1, 0.15) is 11.4 Å². The van der Waals surface area contributed by atoms with Gasteiger partial charge in [0, 0.05) is 17.4 Å². The van der Waals surface area contributed by atoms with E-state index in [4.69, 9.17) is 0 Å². The third-order valence-electron chi connectivity index (χ3n) is 4.96. The fraction of sp³-hybridized carbons (Fsp3) is 0.304. The number of hydrogen-bond donors (Lipinski definition) is 2. The molecule has 0 saturated heterocycles. The normalized spacial score (nSPS) is 12.4. The maximum Gasteiger partial charge on any atom is 0.573 e. The molecule has 0 aliphatic heterocycles. The van der Waals surface area contributed by atoms with Crippen molar-refractivity contribution in [2.24, 2.45) is 0 Å². The number of nitriles is 1. The highest BCUT2D eigenvalue weighted by atomic mass is 32.2. The molecule has 2 N–H and O–H groups in total. The largest absolute Gasteiger partial charge is 0.573 e. The first kappa shape index (κ1) is 24.5. The van der Waals surface area contributed by atoms with E-state index < -0.39 is 18.3 Å². The average molecular weight is 478 g/mol. The lowest BCUT2D eigenvalue weighted by molar-refractivity contribution is -0.274. The van der Waals surface area contributed by atoms with Crippen molar-refractivity contribution in [1.82, 2.24) is 9.88 Å². The van der Waals surface area contributed by atoms with Crippen LogP contribution >= 0.6 is 11.8 Å². The van der Waals surface area contributed by atoms with Crippen molar-refractivity contribution in [2.75, 3.05) is 18.6 Å². The van der Waals surface area contributed by atoms with E-state index in [0.29, 0.717) is 28.5 Å². The van der Waals surface area contributed by atoms with E-state index in [0.717, 1.165) is 5.75 Å². The number of benzene rings is 2. The monoisotopic (exact) mass is 477 g/mol. The van der Waals surface area contributed by atoms with Crippen LogP contribution in [-0.4, -0.2) is 46.6 Å². The van der Waals surface area contributed by atoms with Crippen LogP contribution < -0.4 is 10.1 Å². The first-order valence-corrected chi connectivity index (χ1v) is 11.4. The molecule has 3 aromatic rings. The molecule has 1 atom stereocenters. The van der Waals surface area contributed by atoms with Gasteiger partial charge >= 0.3 is 6.36 Å². The Labute approximate surface area is 193 Å². The number of alkyl halides is 3. The van der Waals surface area contributed by atoms with Crippen molar-refractivity contribution in [2.45, 2.75) is 25.4 Å². The first-order chi connectivity index (χ1) is 15.7. The summed E-state index contributed by atoms with van der Waals surface area (Å²) < 4.78 is 43.5. The number of hydrogen-bond acceptors (Lipinski definition) is 5. The molecule has 0 spiro atoms. The molecule has 0 bridgehead atoms. The van der Waals surface area contributed by atoms with Crippen molar-refractivity contribution < 1.29 is 27.8 Å². The number of halogens is 3. The van der Waals surface area contributed by atoms with E-state index in [-0.39, 0.29) is 24.6 Å². The molecule has 6 nitrogen and oxygen atoms in total. The zero-order valence-electron chi connectivity index (χ0n) is 17.7. The van der Waals surface area contributed by atoms with Crippen molar-refractivity contribution in [3.8, 4) is 11.8 Å². The van der Waals surface area contributed by atoms with E-state index in [9.17, 15) is 28.3 Å². The van der Waals surface area contributed by atoms with Crippen molar-refractivity contribution >= 4 is 28.6 Å². The van der Waals surface area contributed by atoms with Gasteiger partial charge in [0.15, 0.2) is 0 Å². The molecule has 0 aliphatic rings. The second kappa shape index (κ2) is 10.6. The SMILES string of the molecule is CSCCC(CO)NC(=O)c1cc2cc(C#N)ccc2n1Cc1cccc(OC(F)(F)F)c1. The maximum atomic E-state index is 13.1. The minimum absolute atomic E-state index is 0.0990. The van der Waals surface area contributed by atoms with E-state index in [2.05, 4.69) is 16.1 Å². The number of aliphatic hydroxyl groups excluding tert-OH is 1. The Kier molecular flexibility index (Phi) is 7.89. The van der Waals surface area contributed by atoms with Gasteiger partial charge < -0.3 is 19.7 Å². The van der Waals surface area contributed by atoms with Crippen molar-refractivity contribution in [3.63, 3.8) is 0 Å². The number of thioether (sulfide) groups is 1. The van der Waals surface area contributed by atoms with Crippen LogP contribution in [0.25, 0.3) is 10.9 Å². The molecule has 0 radical (unpaired) electrons. The molecule has 2 aromatic carbocycles. The van der Waals surface area contributed by atoms with Gasteiger partial charge in [-0.05, 0) is 60.4 Å². The van der Waals surface area contributed by atoms with Gasteiger partial charge in [-0.25, -0.2) is 0 Å². The summed E-state index contributed by atoms with van der Waals surface area (Å²) in [5.74, 6) is -0.0225. The predicted octanol–water partition coefficient (Wildman–Crippen LogP) is 4.30. The predicted molar refractivity (Wildman–Crippen MR) is 120 cm³/mol. The minimum atomic E-state index is -4.81. The summed E-state index contributed by atoms with van der Waals surface area (Å²) in [5, 5.41) is 22.3. The van der Waals surface area contributed by atoms with E-state index in [1.54, 1.807) is 46.7 Å². The number of nitrogens with zero attached hydrogens (tertiary/aromatic N) is 2. The third-order valence-corrected chi connectivity index (χ3v) is 5.61. The number of rotatable bonds is 9. The summed E-state index contributed by atoms with van der Waals surface area (Å²) in [6.07, 6.45) is -2.30. The maximum absolute atomic E-state index is 13.1. The molecular weight excluding hydrogens is 455 g/mol. The summed E-state index contributed by atoms with van der Waals surface area (Å²) >= 11 is 1.60. The Balaban J connectivity index is 1.98. The molecule has 174 valence electrons.